The van der Waals surface area contributed by atoms with Crippen LogP contribution in [0.1, 0.15) is 37.9 Å². The molecule has 0 fully saturated rings. The van der Waals surface area contributed by atoms with Gasteiger partial charge >= 0.3 is 0 Å². The van der Waals surface area contributed by atoms with E-state index in [2.05, 4.69) is 26.1 Å². The maximum absolute atomic E-state index is 12.5. The monoisotopic (exact) mass is 369 g/mol. The molecule has 0 unspecified atom stereocenters. The van der Waals surface area contributed by atoms with Crippen LogP contribution >= 0.6 is 0 Å². The normalized spacial score (nSPS) is 13.9. The van der Waals surface area contributed by atoms with Crippen LogP contribution in [0.25, 0.3) is 0 Å². The van der Waals surface area contributed by atoms with E-state index >= 15 is 0 Å². The van der Waals surface area contributed by atoms with Gasteiger partial charge in [-0.15, -0.1) is 0 Å². The van der Waals surface area contributed by atoms with E-state index in [1.165, 1.54) is 0 Å². The smallest absolute Gasteiger partial charge is 0.258 e. The van der Waals surface area contributed by atoms with Gasteiger partial charge in [-0.2, -0.15) is 0 Å². The molecular formula is C22H27NO4. The van der Waals surface area contributed by atoms with Crippen LogP contribution in [0.4, 0.5) is 0 Å². The molecule has 1 atom stereocenters. The van der Waals surface area contributed by atoms with Crippen molar-refractivity contribution in [2.24, 2.45) is 5.92 Å². The van der Waals surface area contributed by atoms with Gasteiger partial charge in [0.1, 0.15) is 19.0 Å². The molecule has 144 valence electrons. The second-order valence-corrected chi connectivity index (χ2v) is 6.94. The standard InChI is InChI=1S/C22H27NO4/c1-4-16-7-5-6-8-18(16)27-14-21(24)23-22(15(2)3)17-9-10-19-20(13-17)26-12-11-25-19/h5-10,13,15,22H,4,11-12,14H2,1-3H3,(H,23,24)/t22-/m0/s1. The van der Waals surface area contributed by atoms with Gasteiger partial charge in [0.15, 0.2) is 18.1 Å². The average Bonchev–Trinajstić information content (AvgIpc) is 2.70. The van der Waals surface area contributed by atoms with Crippen LogP contribution in [0.15, 0.2) is 42.5 Å². The number of fused-ring (bicyclic) bond motifs is 1. The average molecular weight is 369 g/mol. The number of amides is 1. The van der Waals surface area contributed by atoms with E-state index in [0.29, 0.717) is 13.2 Å². The first-order valence-electron chi connectivity index (χ1n) is 9.48. The van der Waals surface area contributed by atoms with E-state index in [1.54, 1.807) is 0 Å². The molecule has 0 saturated carbocycles. The quantitative estimate of drug-likeness (QED) is 0.804. The lowest BCUT2D eigenvalue weighted by atomic mass is 9.95. The van der Waals surface area contributed by atoms with Gasteiger partial charge in [0.2, 0.25) is 0 Å². The number of ether oxygens (including phenoxy) is 3. The Morgan fingerprint density at radius 1 is 1.11 bits per heavy atom. The summed E-state index contributed by atoms with van der Waals surface area (Å²) in [6.45, 7) is 7.32. The first-order chi connectivity index (χ1) is 13.1. The number of carbonyl (C=O) groups excluding carboxylic acids is 1. The van der Waals surface area contributed by atoms with Gasteiger partial charge in [-0.25, -0.2) is 0 Å². The van der Waals surface area contributed by atoms with Crippen molar-refractivity contribution in [3.8, 4) is 17.2 Å². The lowest BCUT2D eigenvalue weighted by molar-refractivity contribution is -0.124. The highest BCUT2D eigenvalue weighted by molar-refractivity contribution is 5.78. The largest absolute Gasteiger partial charge is 0.486 e. The van der Waals surface area contributed by atoms with Crippen LogP contribution in [0.2, 0.25) is 0 Å². The van der Waals surface area contributed by atoms with Crippen LogP contribution in [0, 0.1) is 5.92 Å². The van der Waals surface area contributed by atoms with Crippen LogP contribution in [-0.2, 0) is 11.2 Å². The first-order valence-corrected chi connectivity index (χ1v) is 9.48. The van der Waals surface area contributed by atoms with E-state index < -0.39 is 0 Å². The number of nitrogens with one attached hydrogen (secondary N) is 1. The molecule has 0 aliphatic carbocycles. The van der Waals surface area contributed by atoms with Gasteiger partial charge in [0, 0.05) is 0 Å². The van der Waals surface area contributed by atoms with Gasteiger partial charge < -0.3 is 19.5 Å². The van der Waals surface area contributed by atoms with E-state index in [-0.39, 0.29) is 24.5 Å². The highest BCUT2D eigenvalue weighted by Gasteiger charge is 2.21. The molecule has 0 spiro atoms. The number of benzene rings is 2. The summed E-state index contributed by atoms with van der Waals surface area (Å²) in [4.78, 5) is 12.5. The van der Waals surface area contributed by atoms with Crippen molar-refractivity contribution < 1.29 is 19.0 Å². The fraction of sp³-hybridized carbons (Fsp3) is 0.409. The van der Waals surface area contributed by atoms with E-state index in [0.717, 1.165) is 34.8 Å². The third-order valence-corrected chi connectivity index (χ3v) is 4.62. The second kappa shape index (κ2) is 8.80. The third kappa shape index (κ3) is 4.73. The molecule has 1 amide bonds. The van der Waals surface area contributed by atoms with Crippen molar-refractivity contribution in [3.63, 3.8) is 0 Å². The molecule has 0 saturated heterocycles. The summed E-state index contributed by atoms with van der Waals surface area (Å²) in [6, 6.07) is 13.5. The molecule has 1 N–H and O–H groups in total. The Labute approximate surface area is 160 Å². The Morgan fingerprint density at radius 3 is 2.59 bits per heavy atom. The molecule has 3 rings (SSSR count). The van der Waals surface area contributed by atoms with E-state index in [1.807, 2.05) is 42.5 Å². The fourth-order valence-corrected chi connectivity index (χ4v) is 3.18. The van der Waals surface area contributed by atoms with Gasteiger partial charge in [0.05, 0.1) is 6.04 Å². The molecule has 0 aromatic heterocycles. The molecule has 0 radical (unpaired) electrons. The maximum atomic E-state index is 12.5. The topological polar surface area (TPSA) is 56.8 Å². The number of hydrogen-bond donors (Lipinski definition) is 1. The molecule has 1 heterocycles. The zero-order valence-electron chi connectivity index (χ0n) is 16.2. The van der Waals surface area contributed by atoms with Crippen molar-refractivity contribution >= 4 is 5.91 Å². The lowest BCUT2D eigenvalue weighted by Gasteiger charge is -2.25. The van der Waals surface area contributed by atoms with Crippen molar-refractivity contribution in [2.45, 2.75) is 33.2 Å². The Bertz CT molecular complexity index is 788. The predicted molar refractivity (Wildman–Crippen MR) is 104 cm³/mol. The molecule has 0 bridgehead atoms. The van der Waals surface area contributed by atoms with Crippen molar-refractivity contribution in [2.75, 3.05) is 19.8 Å². The molecule has 2 aromatic carbocycles. The summed E-state index contributed by atoms with van der Waals surface area (Å²) >= 11 is 0. The Balaban J connectivity index is 1.66. The predicted octanol–water partition coefficient (Wildman–Crippen LogP) is 3.91. The van der Waals surface area contributed by atoms with Gasteiger partial charge in [-0.1, -0.05) is 45.0 Å². The molecule has 1 aliphatic heterocycles. The zero-order chi connectivity index (χ0) is 19.2. The Morgan fingerprint density at radius 2 is 1.85 bits per heavy atom. The summed E-state index contributed by atoms with van der Waals surface area (Å²) in [5.74, 6) is 2.31. The van der Waals surface area contributed by atoms with Crippen LogP contribution in [0.5, 0.6) is 17.2 Å². The van der Waals surface area contributed by atoms with Crippen LogP contribution in [-0.4, -0.2) is 25.7 Å². The summed E-state index contributed by atoms with van der Waals surface area (Å²) in [7, 11) is 0. The third-order valence-electron chi connectivity index (χ3n) is 4.62. The molecular weight excluding hydrogens is 342 g/mol. The van der Waals surface area contributed by atoms with Gasteiger partial charge in [0.25, 0.3) is 5.91 Å². The van der Waals surface area contributed by atoms with Crippen molar-refractivity contribution in [3.05, 3.63) is 53.6 Å². The number of rotatable bonds is 7. The Kier molecular flexibility index (Phi) is 6.22. The highest BCUT2D eigenvalue weighted by atomic mass is 16.6. The lowest BCUT2D eigenvalue weighted by Crippen LogP contribution is -2.35. The number of para-hydroxylation sites is 1. The minimum Gasteiger partial charge on any atom is -0.486 e. The van der Waals surface area contributed by atoms with E-state index in [4.69, 9.17) is 14.2 Å². The summed E-state index contributed by atoms with van der Waals surface area (Å²) in [6.07, 6.45) is 0.865. The minimum atomic E-state index is -0.144. The summed E-state index contributed by atoms with van der Waals surface area (Å²) < 4.78 is 17.0. The number of carbonyl (C=O) groups is 1. The van der Waals surface area contributed by atoms with E-state index in [9.17, 15) is 4.79 Å². The van der Waals surface area contributed by atoms with Crippen molar-refractivity contribution in [1.29, 1.82) is 0 Å². The molecule has 2 aromatic rings. The molecule has 1 aliphatic rings. The molecule has 5 heteroatoms. The first kappa shape index (κ1) is 19.1. The second-order valence-electron chi connectivity index (χ2n) is 6.94. The van der Waals surface area contributed by atoms with Crippen molar-refractivity contribution in [1.82, 2.24) is 5.32 Å². The number of hydrogen-bond acceptors (Lipinski definition) is 4. The minimum absolute atomic E-state index is 0.00914. The number of aryl methyl sites for hydroxylation is 1. The Hall–Kier alpha value is -2.69. The van der Waals surface area contributed by atoms with Crippen LogP contribution < -0.4 is 19.5 Å². The van der Waals surface area contributed by atoms with Crippen LogP contribution in [0.3, 0.4) is 0 Å². The molecule has 27 heavy (non-hydrogen) atoms. The summed E-state index contributed by atoms with van der Waals surface area (Å²) in [5.41, 5.74) is 2.09. The zero-order valence-corrected chi connectivity index (χ0v) is 16.2. The van der Waals surface area contributed by atoms with Gasteiger partial charge in [-0.3, -0.25) is 4.79 Å². The highest BCUT2D eigenvalue weighted by Crippen LogP contribution is 2.34. The maximum Gasteiger partial charge on any atom is 0.258 e. The SMILES string of the molecule is CCc1ccccc1OCC(=O)N[C@H](c1ccc2c(c1)OCCO2)C(C)C. The van der Waals surface area contributed by atoms with Gasteiger partial charge in [-0.05, 0) is 41.7 Å². The fourth-order valence-electron chi connectivity index (χ4n) is 3.18. The molecule has 5 nitrogen and oxygen atoms in total. The summed E-state index contributed by atoms with van der Waals surface area (Å²) in [5, 5.41) is 3.09.